The van der Waals surface area contributed by atoms with E-state index in [-0.39, 0.29) is 0 Å². The summed E-state index contributed by atoms with van der Waals surface area (Å²) in [6, 6.07) is 0. The van der Waals surface area contributed by atoms with Gasteiger partial charge in [-0.15, -0.1) is 23.5 Å². The van der Waals surface area contributed by atoms with E-state index in [4.69, 9.17) is 0 Å². The van der Waals surface area contributed by atoms with Crippen molar-refractivity contribution in [2.24, 2.45) is 5.41 Å². The van der Waals surface area contributed by atoms with Crippen molar-refractivity contribution >= 4 is 23.5 Å². The molecule has 1 saturated heterocycles. The van der Waals surface area contributed by atoms with Gasteiger partial charge in [-0.2, -0.15) is 0 Å². The predicted molar refractivity (Wildman–Crippen MR) is 64.4 cm³/mol. The summed E-state index contributed by atoms with van der Waals surface area (Å²) in [5.41, 5.74) is 0.530. The van der Waals surface area contributed by atoms with Gasteiger partial charge in [0, 0.05) is 0 Å². The topological polar surface area (TPSA) is 0 Å². The normalized spacial score (nSPS) is 35.5. The molecule has 0 nitrogen and oxygen atoms in total. The molecule has 2 aliphatic rings. The first kappa shape index (κ1) is 9.97. The Bertz CT molecular complexity index is 194. The van der Waals surface area contributed by atoms with Gasteiger partial charge in [0.05, 0.1) is 4.58 Å². The van der Waals surface area contributed by atoms with Crippen molar-refractivity contribution in [2.75, 3.05) is 11.5 Å². The van der Waals surface area contributed by atoms with Crippen LogP contribution in [0.1, 0.15) is 32.6 Å². The lowest BCUT2D eigenvalue weighted by Crippen LogP contribution is -2.18. The minimum Gasteiger partial charge on any atom is -0.148 e. The molecule has 0 amide bonds. The highest BCUT2D eigenvalue weighted by molar-refractivity contribution is 8.17. The van der Waals surface area contributed by atoms with Gasteiger partial charge in [-0.3, -0.25) is 0 Å². The lowest BCUT2D eigenvalue weighted by atomic mass is 9.87. The third kappa shape index (κ3) is 2.69. The summed E-state index contributed by atoms with van der Waals surface area (Å²) in [5, 5.41) is 0. The minimum absolute atomic E-state index is 0.530. The van der Waals surface area contributed by atoms with E-state index in [1.165, 1.54) is 37.2 Å². The first-order valence-electron chi connectivity index (χ1n) is 5.19. The van der Waals surface area contributed by atoms with E-state index in [2.05, 4.69) is 42.6 Å². The summed E-state index contributed by atoms with van der Waals surface area (Å²) in [4.78, 5) is 0. The van der Waals surface area contributed by atoms with Crippen LogP contribution >= 0.6 is 23.5 Å². The molecule has 1 aliphatic carbocycles. The van der Waals surface area contributed by atoms with Crippen LogP contribution < -0.4 is 0 Å². The molecule has 0 radical (unpaired) electrons. The second-order valence-electron chi connectivity index (χ2n) is 4.32. The van der Waals surface area contributed by atoms with Crippen LogP contribution in [0.5, 0.6) is 0 Å². The molecule has 1 fully saturated rings. The van der Waals surface area contributed by atoms with E-state index in [0.29, 0.717) is 5.41 Å². The third-order valence-electron chi connectivity index (χ3n) is 2.93. The lowest BCUT2D eigenvalue weighted by molar-refractivity contribution is 0.401. The fourth-order valence-corrected chi connectivity index (χ4v) is 5.36. The summed E-state index contributed by atoms with van der Waals surface area (Å²) in [5.74, 6) is 2.77. The van der Waals surface area contributed by atoms with Crippen LogP contribution in [0.15, 0.2) is 12.2 Å². The number of thioether (sulfide) groups is 2. The Labute approximate surface area is 89.9 Å². The fraction of sp³-hybridized carbons (Fsp3) is 0.818. The molecule has 0 bridgehead atoms. The van der Waals surface area contributed by atoms with Gasteiger partial charge < -0.3 is 0 Å². The van der Waals surface area contributed by atoms with Crippen LogP contribution in [0.25, 0.3) is 0 Å². The highest BCUT2D eigenvalue weighted by Gasteiger charge is 2.29. The van der Waals surface area contributed by atoms with E-state index in [1.54, 1.807) is 0 Å². The van der Waals surface area contributed by atoms with Gasteiger partial charge >= 0.3 is 0 Å². The molecule has 13 heavy (non-hydrogen) atoms. The predicted octanol–water partition coefficient (Wildman–Crippen LogP) is 3.93. The molecule has 1 heterocycles. The quantitative estimate of drug-likeness (QED) is 0.639. The Morgan fingerprint density at radius 2 is 2.15 bits per heavy atom. The third-order valence-corrected chi connectivity index (χ3v) is 5.87. The molecule has 0 spiro atoms. The first-order chi connectivity index (χ1) is 6.29. The maximum absolute atomic E-state index is 2.45. The monoisotopic (exact) mass is 214 g/mol. The maximum atomic E-state index is 2.45. The van der Waals surface area contributed by atoms with Crippen LogP contribution in [-0.2, 0) is 0 Å². The standard InChI is InChI=1S/C11H18S2/c1-11(5-2-3-6-11)9-10-12-7-4-8-13-10/h2,5,10H,3-4,6-9H2,1H3/t11-/m0/s1. The molecular weight excluding hydrogens is 196 g/mol. The fourth-order valence-electron chi connectivity index (χ4n) is 2.07. The zero-order valence-corrected chi connectivity index (χ0v) is 9.92. The van der Waals surface area contributed by atoms with Gasteiger partial charge in [0.25, 0.3) is 0 Å². The Morgan fingerprint density at radius 1 is 1.38 bits per heavy atom. The van der Waals surface area contributed by atoms with Crippen LogP contribution in [-0.4, -0.2) is 16.1 Å². The number of hydrogen-bond donors (Lipinski definition) is 0. The molecule has 0 aromatic heterocycles. The van der Waals surface area contributed by atoms with E-state index in [9.17, 15) is 0 Å². The van der Waals surface area contributed by atoms with Crippen molar-refractivity contribution < 1.29 is 0 Å². The Morgan fingerprint density at radius 3 is 2.77 bits per heavy atom. The van der Waals surface area contributed by atoms with Gasteiger partial charge in [0.15, 0.2) is 0 Å². The molecule has 0 unspecified atom stereocenters. The van der Waals surface area contributed by atoms with Crippen LogP contribution in [0.2, 0.25) is 0 Å². The van der Waals surface area contributed by atoms with Gasteiger partial charge in [0.2, 0.25) is 0 Å². The average molecular weight is 214 g/mol. The van der Waals surface area contributed by atoms with Gasteiger partial charge in [-0.25, -0.2) is 0 Å². The number of allylic oxidation sites excluding steroid dienone is 2. The zero-order chi connectivity index (χ0) is 9.15. The molecular formula is C11H18S2. The molecule has 74 valence electrons. The van der Waals surface area contributed by atoms with E-state index >= 15 is 0 Å². The first-order valence-corrected chi connectivity index (χ1v) is 7.29. The van der Waals surface area contributed by atoms with E-state index in [0.717, 1.165) is 4.58 Å². The summed E-state index contributed by atoms with van der Waals surface area (Å²) in [6.07, 6.45) is 10.3. The minimum atomic E-state index is 0.530. The van der Waals surface area contributed by atoms with Crippen molar-refractivity contribution in [2.45, 2.75) is 37.2 Å². The van der Waals surface area contributed by atoms with Crippen molar-refractivity contribution in [3.63, 3.8) is 0 Å². The van der Waals surface area contributed by atoms with Crippen LogP contribution in [0.3, 0.4) is 0 Å². The average Bonchev–Trinajstić information content (AvgIpc) is 2.54. The Kier molecular flexibility index (Phi) is 3.31. The molecule has 0 saturated carbocycles. The molecule has 1 atom stereocenters. The zero-order valence-electron chi connectivity index (χ0n) is 8.29. The van der Waals surface area contributed by atoms with Gasteiger partial charge in [0.1, 0.15) is 0 Å². The second-order valence-corrected chi connectivity index (χ2v) is 7.24. The van der Waals surface area contributed by atoms with Gasteiger partial charge in [-0.1, -0.05) is 19.1 Å². The summed E-state index contributed by atoms with van der Waals surface area (Å²) in [7, 11) is 0. The molecule has 1 aliphatic heterocycles. The molecule has 0 N–H and O–H groups in total. The van der Waals surface area contributed by atoms with Crippen molar-refractivity contribution in [1.29, 1.82) is 0 Å². The number of hydrogen-bond acceptors (Lipinski definition) is 2. The summed E-state index contributed by atoms with van der Waals surface area (Å²) in [6.45, 7) is 2.42. The number of rotatable bonds is 2. The molecule has 2 rings (SSSR count). The van der Waals surface area contributed by atoms with Crippen LogP contribution in [0, 0.1) is 5.41 Å². The summed E-state index contributed by atoms with van der Waals surface area (Å²) < 4.78 is 0.876. The molecule has 0 aromatic rings. The highest BCUT2D eigenvalue weighted by atomic mass is 32.2. The van der Waals surface area contributed by atoms with Gasteiger partial charge in [-0.05, 0) is 42.6 Å². The smallest absolute Gasteiger partial charge is 0.0510 e. The Hall–Kier alpha value is 0.440. The summed E-state index contributed by atoms with van der Waals surface area (Å²) >= 11 is 4.36. The lowest BCUT2D eigenvalue weighted by Gasteiger charge is -2.29. The van der Waals surface area contributed by atoms with Crippen molar-refractivity contribution in [3.8, 4) is 0 Å². The largest absolute Gasteiger partial charge is 0.148 e. The molecule has 2 heteroatoms. The Balaban J connectivity index is 1.85. The maximum Gasteiger partial charge on any atom is 0.0510 e. The highest BCUT2D eigenvalue weighted by Crippen LogP contribution is 2.43. The second kappa shape index (κ2) is 4.31. The molecule has 0 aromatic carbocycles. The van der Waals surface area contributed by atoms with E-state index in [1.807, 2.05) is 0 Å². The SMILES string of the molecule is C[C@]1(CC2SCCCS2)C=CCC1. The van der Waals surface area contributed by atoms with Crippen LogP contribution in [0.4, 0.5) is 0 Å². The van der Waals surface area contributed by atoms with Crippen molar-refractivity contribution in [1.82, 2.24) is 0 Å². The van der Waals surface area contributed by atoms with Crippen molar-refractivity contribution in [3.05, 3.63) is 12.2 Å². The van der Waals surface area contributed by atoms with E-state index < -0.39 is 0 Å².